The Morgan fingerprint density at radius 2 is 1.80 bits per heavy atom. The fraction of sp³-hybridized carbons (Fsp3) is 0.267. The van der Waals surface area contributed by atoms with Crippen LogP contribution in [0.1, 0.15) is 22.2 Å². The van der Waals surface area contributed by atoms with Crippen LogP contribution in [0.15, 0.2) is 36.4 Å². The van der Waals surface area contributed by atoms with E-state index < -0.39 is 0 Å². The van der Waals surface area contributed by atoms with E-state index in [1.165, 1.54) is 10.9 Å². The van der Waals surface area contributed by atoms with E-state index in [9.17, 15) is 9.18 Å². The van der Waals surface area contributed by atoms with Gasteiger partial charge in [0.05, 0.1) is 6.54 Å². The number of nitrogens with one attached hydrogen (secondary N) is 2. The predicted octanol–water partition coefficient (Wildman–Crippen LogP) is 3.45. The molecule has 106 valence electrons. The van der Waals surface area contributed by atoms with Gasteiger partial charge in [0.15, 0.2) is 0 Å². The van der Waals surface area contributed by atoms with Crippen LogP contribution in [0.2, 0.25) is 0 Å². The van der Waals surface area contributed by atoms with Gasteiger partial charge < -0.3 is 10.6 Å². The van der Waals surface area contributed by atoms with Gasteiger partial charge in [0.2, 0.25) is 0 Å². The van der Waals surface area contributed by atoms with E-state index in [0.29, 0.717) is 12.1 Å². The molecule has 1 aromatic carbocycles. The fourth-order valence-corrected chi connectivity index (χ4v) is 2.65. The van der Waals surface area contributed by atoms with E-state index in [0.717, 1.165) is 11.3 Å². The van der Waals surface area contributed by atoms with E-state index in [2.05, 4.69) is 23.6 Å². The molecule has 0 saturated carbocycles. The Morgan fingerprint density at radius 1 is 1.10 bits per heavy atom. The van der Waals surface area contributed by atoms with Gasteiger partial charge in [-0.3, -0.25) is 0 Å². The zero-order valence-electron chi connectivity index (χ0n) is 11.3. The summed E-state index contributed by atoms with van der Waals surface area (Å²) >= 11 is 1.69. The number of halogens is 1. The highest BCUT2D eigenvalue weighted by Crippen LogP contribution is 2.16. The molecule has 2 amide bonds. The zero-order valence-corrected chi connectivity index (χ0v) is 12.1. The van der Waals surface area contributed by atoms with Crippen molar-refractivity contribution in [3.8, 4) is 0 Å². The SMILES string of the molecule is CCc1ccc(CNC(=O)NCc2ccccc2F)s1. The smallest absolute Gasteiger partial charge is 0.315 e. The van der Waals surface area contributed by atoms with Gasteiger partial charge in [-0.05, 0) is 24.6 Å². The third kappa shape index (κ3) is 4.06. The lowest BCUT2D eigenvalue weighted by molar-refractivity contribution is 0.240. The highest BCUT2D eigenvalue weighted by atomic mass is 32.1. The van der Waals surface area contributed by atoms with Crippen LogP contribution in [0.5, 0.6) is 0 Å². The van der Waals surface area contributed by atoms with E-state index in [4.69, 9.17) is 0 Å². The Balaban J connectivity index is 1.77. The molecule has 5 heteroatoms. The molecule has 0 bridgehead atoms. The second-order valence-corrected chi connectivity index (χ2v) is 5.60. The van der Waals surface area contributed by atoms with Gasteiger partial charge in [0, 0.05) is 21.9 Å². The lowest BCUT2D eigenvalue weighted by Crippen LogP contribution is -2.34. The molecule has 0 spiro atoms. The quantitative estimate of drug-likeness (QED) is 0.870. The lowest BCUT2D eigenvalue weighted by Gasteiger charge is -2.07. The number of urea groups is 1. The van der Waals surface area contributed by atoms with Crippen LogP contribution in [0.4, 0.5) is 9.18 Å². The first-order valence-corrected chi connectivity index (χ1v) is 7.33. The molecule has 0 fully saturated rings. The summed E-state index contributed by atoms with van der Waals surface area (Å²) in [5.74, 6) is -0.307. The minimum Gasteiger partial charge on any atom is -0.334 e. The summed E-state index contributed by atoms with van der Waals surface area (Å²) in [7, 11) is 0. The van der Waals surface area contributed by atoms with Gasteiger partial charge in [-0.2, -0.15) is 0 Å². The number of carbonyl (C=O) groups is 1. The fourth-order valence-electron chi connectivity index (χ4n) is 1.75. The molecule has 0 saturated heterocycles. The monoisotopic (exact) mass is 292 g/mol. The minimum absolute atomic E-state index is 0.184. The maximum absolute atomic E-state index is 13.4. The van der Waals surface area contributed by atoms with Crippen LogP contribution in [-0.2, 0) is 19.5 Å². The second-order valence-electron chi connectivity index (χ2n) is 4.35. The first-order chi connectivity index (χ1) is 9.69. The first kappa shape index (κ1) is 14.5. The molecule has 0 unspecified atom stereocenters. The van der Waals surface area contributed by atoms with Crippen molar-refractivity contribution >= 4 is 17.4 Å². The molecule has 0 atom stereocenters. The molecule has 0 aliphatic heterocycles. The molecule has 3 nitrogen and oxygen atoms in total. The van der Waals surface area contributed by atoms with E-state index in [-0.39, 0.29) is 18.4 Å². The highest BCUT2D eigenvalue weighted by Gasteiger charge is 2.05. The minimum atomic E-state index is -0.307. The molecular formula is C15H17FN2OS. The molecule has 2 aromatic rings. The van der Waals surface area contributed by atoms with Crippen molar-refractivity contribution < 1.29 is 9.18 Å². The number of amides is 2. The molecule has 1 aromatic heterocycles. The molecule has 0 aliphatic carbocycles. The zero-order chi connectivity index (χ0) is 14.4. The summed E-state index contributed by atoms with van der Waals surface area (Å²) in [6.45, 7) is 2.78. The molecule has 1 heterocycles. The normalized spacial score (nSPS) is 10.3. The molecule has 20 heavy (non-hydrogen) atoms. The Kier molecular flexibility index (Phi) is 5.12. The summed E-state index contributed by atoms with van der Waals surface area (Å²) in [6, 6.07) is 10.2. The number of aryl methyl sites for hydroxylation is 1. The van der Waals surface area contributed by atoms with E-state index >= 15 is 0 Å². The van der Waals surface area contributed by atoms with Crippen LogP contribution in [0.3, 0.4) is 0 Å². The van der Waals surface area contributed by atoms with Gasteiger partial charge >= 0.3 is 6.03 Å². The number of hydrogen-bond donors (Lipinski definition) is 2. The number of hydrogen-bond acceptors (Lipinski definition) is 2. The van der Waals surface area contributed by atoms with Crippen LogP contribution < -0.4 is 10.6 Å². The van der Waals surface area contributed by atoms with E-state index in [1.807, 2.05) is 6.07 Å². The van der Waals surface area contributed by atoms with Gasteiger partial charge in [0.1, 0.15) is 5.82 Å². The Labute approximate surface area is 121 Å². The van der Waals surface area contributed by atoms with Gasteiger partial charge in [-0.1, -0.05) is 25.1 Å². The summed E-state index contributed by atoms with van der Waals surface area (Å²) < 4.78 is 13.4. The summed E-state index contributed by atoms with van der Waals surface area (Å²) in [5, 5.41) is 5.41. The predicted molar refractivity (Wildman–Crippen MR) is 79.2 cm³/mol. The third-order valence-electron chi connectivity index (χ3n) is 2.89. The lowest BCUT2D eigenvalue weighted by atomic mass is 10.2. The van der Waals surface area contributed by atoms with Crippen molar-refractivity contribution in [3.63, 3.8) is 0 Å². The Hall–Kier alpha value is -1.88. The van der Waals surface area contributed by atoms with Crippen molar-refractivity contribution in [2.75, 3.05) is 0 Å². The number of benzene rings is 1. The van der Waals surface area contributed by atoms with Gasteiger partial charge in [-0.15, -0.1) is 11.3 Å². The first-order valence-electron chi connectivity index (χ1n) is 6.51. The summed E-state index contributed by atoms with van der Waals surface area (Å²) in [6.07, 6.45) is 1.00. The molecular weight excluding hydrogens is 275 g/mol. The molecule has 0 radical (unpaired) electrons. The highest BCUT2D eigenvalue weighted by molar-refractivity contribution is 7.11. The molecule has 0 aliphatic rings. The van der Waals surface area contributed by atoms with Crippen molar-refractivity contribution in [2.45, 2.75) is 26.4 Å². The van der Waals surface area contributed by atoms with Crippen LogP contribution in [0.25, 0.3) is 0 Å². The number of rotatable bonds is 5. The van der Waals surface area contributed by atoms with Crippen molar-refractivity contribution in [2.24, 2.45) is 0 Å². The Bertz CT molecular complexity index is 583. The largest absolute Gasteiger partial charge is 0.334 e. The van der Waals surface area contributed by atoms with Crippen molar-refractivity contribution in [1.82, 2.24) is 10.6 Å². The van der Waals surface area contributed by atoms with E-state index in [1.54, 1.807) is 29.5 Å². The maximum Gasteiger partial charge on any atom is 0.315 e. The van der Waals surface area contributed by atoms with Crippen molar-refractivity contribution in [1.29, 1.82) is 0 Å². The van der Waals surface area contributed by atoms with Crippen LogP contribution >= 0.6 is 11.3 Å². The average Bonchev–Trinajstić information content (AvgIpc) is 2.92. The topological polar surface area (TPSA) is 41.1 Å². The standard InChI is InChI=1S/C15H17FN2OS/c1-2-12-7-8-13(20-12)10-18-15(19)17-9-11-5-3-4-6-14(11)16/h3-8H,2,9-10H2,1H3,(H2,17,18,19). The molecule has 2 N–H and O–H groups in total. The average molecular weight is 292 g/mol. The van der Waals surface area contributed by atoms with Crippen LogP contribution in [0, 0.1) is 5.82 Å². The molecule has 2 rings (SSSR count). The number of carbonyl (C=O) groups excluding carboxylic acids is 1. The third-order valence-corrected chi connectivity index (χ3v) is 4.12. The van der Waals surface area contributed by atoms with Crippen molar-refractivity contribution in [3.05, 3.63) is 57.5 Å². The number of thiophene rings is 1. The Morgan fingerprint density at radius 3 is 2.50 bits per heavy atom. The summed E-state index contributed by atoms with van der Waals surface area (Å²) in [4.78, 5) is 14.1. The van der Waals surface area contributed by atoms with Crippen LogP contribution in [-0.4, -0.2) is 6.03 Å². The second kappa shape index (κ2) is 7.05. The van der Waals surface area contributed by atoms with Gasteiger partial charge in [0.25, 0.3) is 0 Å². The maximum atomic E-state index is 13.4. The van der Waals surface area contributed by atoms with Gasteiger partial charge in [-0.25, -0.2) is 9.18 Å². The summed E-state index contributed by atoms with van der Waals surface area (Å²) in [5.41, 5.74) is 0.479.